The molecule has 1 N–H and O–H groups in total. The van der Waals surface area contributed by atoms with E-state index in [1.54, 1.807) is 14.2 Å². The van der Waals surface area contributed by atoms with E-state index in [1.807, 2.05) is 24.3 Å². The lowest BCUT2D eigenvalue weighted by molar-refractivity contribution is 0.414. The summed E-state index contributed by atoms with van der Waals surface area (Å²) >= 11 is 0. The van der Waals surface area contributed by atoms with Crippen molar-refractivity contribution in [1.82, 2.24) is 5.32 Å². The third kappa shape index (κ3) is 2.20. The predicted molar refractivity (Wildman–Crippen MR) is 50.4 cm³/mol. The number of nitrogens with one attached hydrogen (secondary N) is 1. The van der Waals surface area contributed by atoms with Crippen molar-refractivity contribution in [3.05, 3.63) is 29.8 Å². The maximum absolute atomic E-state index is 8.76. The van der Waals surface area contributed by atoms with Gasteiger partial charge in [-0.15, -0.1) is 0 Å². The Labute approximate surface area is 77.9 Å². The lowest BCUT2D eigenvalue weighted by Crippen LogP contribution is -2.13. The number of hydrogen-bond acceptors (Lipinski definition) is 3. The van der Waals surface area contributed by atoms with Gasteiger partial charge in [0, 0.05) is 0 Å². The van der Waals surface area contributed by atoms with Gasteiger partial charge in [-0.25, -0.2) is 0 Å². The van der Waals surface area contributed by atoms with Crippen molar-refractivity contribution in [3.63, 3.8) is 0 Å². The predicted octanol–water partition coefficient (Wildman–Crippen LogP) is 1.48. The van der Waals surface area contributed by atoms with Crippen LogP contribution in [0.3, 0.4) is 0 Å². The summed E-state index contributed by atoms with van der Waals surface area (Å²) in [5.74, 6) is 0.802. The van der Waals surface area contributed by atoms with Crippen molar-refractivity contribution in [2.75, 3.05) is 14.2 Å². The molecule has 0 aliphatic rings. The van der Waals surface area contributed by atoms with Gasteiger partial charge in [0.25, 0.3) is 0 Å². The summed E-state index contributed by atoms with van der Waals surface area (Å²) in [6, 6.07) is 9.35. The Morgan fingerprint density at radius 1 is 1.38 bits per heavy atom. The van der Waals surface area contributed by atoms with Gasteiger partial charge < -0.3 is 10.1 Å². The Morgan fingerprint density at radius 3 is 2.38 bits per heavy atom. The number of methoxy groups -OCH3 is 1. The molecule has 1 aromatic carbocycles. The molecule has 1 rings (SSSR count). The van der Waals surface area contributed by atoms with E-state index in [1.165, 1.54) is 0 Å². The molecule has 0 amide bonds. The fourth-order valence-corrected chi connectivity index (χ4v) is 1.10. The summed E-state index contributed by atoms with van der Waals surface area (Å²) in [6.45, 7) is 0. The van der Waals surface area contributed by atoms with E-state index in [0.717, 1.165) is 11.3 Å². The van der Waals surface area contributed by atoms with Gasteiger partial charge >= 0.3 is 0 Å². The molecule has 0 aliphatic carbocycles. The average Bonchev–Trinajstić information content (AvgIpc) is 2.21. The maximum atomic E-state index is 8.76. The van der Waals surface area contributed by atoms with Gasteiger partial charge in [-0.05, 0) is 24.7 Å². The summed E-state index contributed by atoms with van der Waals surface area (Å²) in [5.41, 5.74) is 0.950. The second-order valence-electron chi connectivity index (χ2n) is 2.62. The van der Waals surface area contributed by atoms with Crippen molar-refractivity contribution in [1.29, 1.82) is 5.26 Å². The molecule has 1 aromatic rings. The van der Waals surface area contributed by atoms with Crippen LogP contribution in [0.4, 0.5) is 0 Å². The fraction of sp³-hybridized carbons (Fsp3) is 0.300. The van der Waals surface area contributed by atoms with Crippen LogP contribution in [0.25, 0.3) is 0 Å². The van der Waals surface area contributed by atoms with E-state index in [-0.39, 0.29) is 6.04 Å². The smallest absolute Gasteiger partial charge is 0.121 e. The van der Waals surface area contributed by atoms with Crippen molar-refractivity contribution >= 4 is 0 Å². The minimum absolute atomic E-state index is 0.245. The maximum Gasteiger partial charge on any atom is 0.121 e. The zero-order valence-electron chi connectivity index (χ0n) is 7.74. The van der Waals surface area contributed by atoms with Gasteiger partial charge in [-0.2, -0.15) is 5.26 Å². The molecule has 0 radical (unpaired) electrons. The second kappa shape index (κ2) is 4.48. The van der Waals surface area contributed by atoms with Crippen LogP contribution in [0, 0.1) is 11.3 Å². The quantitative estimate of drug-likeness (QED) is 0.758. The largest absolute Gasteiger partial charge is 0.497 e. The van der Waals surface area contributed by atoms with Gasteiger partial charge in [0.05, 0.1) is 13.2 Å². The molecule has 0 bridgehead atoms. The Morgan fingerprint density at radius 2 is 2.00 bits per heavy atom. The molecule has 0 fully saturated rings. The van der Waals surface area contributed by atoms with Crippen molar-refractivity contribution < 1.29 is 4.74 Å². The van der Waals surface area contributed by atoms with Gasteiger partial charge in [0.15, 0.2) is 0 Å². The van der Waals surface area contributed by atoms with E-state index in [4.69, 9.17) is 10.00 Å². The Kier molecular flexibility index (Phi) is 3.30. The van der Waals surface area contributed by atoms with E-state index in [9.17, 15) is 0 Å². The van der Waals surface area contributed by atoms with Crippen molar-refractivity contribution in [2.24, 2.45) is 0 Å². The Bertz CT molecular complexity index is 300. The molecule has 1 atom stereocenters. The first-order valence-corrected chi connectivity index (χ1v) is 4.02. The second-order valence-corrected chi connectivity index (χ2v) is 2.62. The lowest BCUT2D eigenvalue weighted by Gasteiger charge is -2.07. The lowest BCUT2D eigenvalue weighted by atomic mass is 10.1. The molecule has 0 spiro atoms. The zero-order valence-corrected chi connectivity index (χ0v) is 7.74. The third-order valence-corrected chi connectivity index (χ3v) is 1.87. The fourth-order valence-electron chi connectivity index (χ4n) is 1.10. The van der Waals surface area contributed by atoms with Crippen LogP contribution in [-0.2, 0) is 0 Å². The molecule has 68 valence electrons. The van der Waals surface area contributed by atoms with Crippen LogP contribution in [0.15, 0.2) is 24.3 Å². The molecular weight excluding hydrogens is 164 g/mol. The molecule has 3 heteroatoms. The van der Waals surface area contributed by atoms with Crippen LogP contribution in [-0.4, -0.2) is 14.2 Å². The highest BCUT2D eigenvalue weighted by molar-refractivity contribution is 5.31. The first kappa shape index (κ1) is 9.56. The molecule has 0 saturated carbocycles. The van der Waals surface area contributed by atoms with Crippen molar-refractivity contribution in [3.8, 4) is 11.8 Å². The van der Waals surface area contributed by atoms with Gasteiger partial charge in [-0.1, -0.05) is 12.1 Å². The van der Waals surface area contributed by atoms with Crippen LogP contribution in [0.5, 0.6) is 5.75 Å². The highest BCUT2D eigenvalue weighted by atomic mass is 16.5. The number of benzene rings is 1. The molecular formula is C10H12N2O. The number of nitriles is 1. The van der Waals surface area contributed by atoms with Crippen molar-refractivity contribution in [2.45, 2.75) is 6.04 Å². The number of hydrogen-bond donors (Lipinski definition) is 1. The molecule has 0 saturated heterocycles. The van der Waals surface area contributed by atoms with E-state index in [2.05, 4.69) is 11.4 Å². The Balaban J connectivity index is 2.86. The minimum Gasteiger partial charge on any atom is -0.497 e. The normalized spacial score (nSPS) is 11.8. The molecule has 0 unspecified atom stereocenters. The summed E-state index contributed by atoms with van der Waals surface area (Å²) in [6.07, 6.45) is 0. The van der Waals surface area contributed by atoms with Crippen LogP contribution in [0.1, 0.15) is 11.6 Å². The van der Waals surface area contributed by atoms with E-state index < -0.39 is 0 Å². The molecule has 0 heterocycles. The third-order valence-electron chi connectivity index (χ3n) is 1.87. The monoisotopic (exact) mass is 176 g/mol. The first-order valence-electron chi connectivity index (χ1n) is 4.02. The van der Waals surface area contributed by atoms with Gasteiger partial charge in [0.2, 0.25) is 0 Å². The summed E-state index contributed by atoms with van der Waals surface area (Å²) in [4.78, 5) is 0. The number of rotatable bonds is 3. The van der Waals surface area contributed by atoms with Gasteiger partial charge in [0.1, 0.15) is 11.8 Å². The zero-order chi connectivity index (χ0) is 9.68. The average molecular weight is 176 g/mol. The number of ether oxygens (including phenoxy) is 1. The summed E-state index contributed by atoms with van der Waals surface area (Å²) in [5, 5.41) is 11.7. The topological polar surface area (TPSA) is 45.0 Å². The first-order chi connectivity index (χ1) is 6.31. The van der Waals surface area contributed by atoms with Crippen LogP contribution >= 0.6 is 0 Å². The molecule has 3 nitrogen and oxygen atoms in total. The highest BCUT2D eigenvalue weighted by Crippen LogP contribution is 2.16. The Hall–Kier alpha value is -1.53. The minimum atomic E-state index is -0.245. The molecule has 13 heavy (non-hydrogen) atoms. The highest BCUT2D eigenvalue weighted by Gasteiger charge is 2.06. The van der Waals surface area contributed by atoms with E-state index in [0.29, 0.717) is 0 Å². The van der Waals surface area contributed by atoms with Crippen LogP contribution < -0.4 is 10.1 Å². The van der Waals surface area contributed by atoms with E-state index >= 15 is 0 Å². The summed E-state index contributed by atoms with van der Waals surface area (Å²) < 4.78 is 5.01. The molecule has 0 aromatic heterocycles. The van der Waals surface area contributed by atoms with Crippen LogP contribution in [0.2, 0.25) is 0 Å². The SMILES string of the molecule is CN[C@H](C#N)c1ccc(OC)cc1. The summed E-state index contributed by atoms with van der Waals surface area (Å²) in [7, 11) is 3.38. The van der Waals surface area contributed by atoms with Gasteiger partial charge in [-0.3, -0.25) is 0 Å². The molecule has 0 aliphatic heterocycles. The number of nitrogens with zero attached hydrogens (tertiary/aromatic N) is 1. The standard InChI is InChI=1S/C10H12N2O/c1-12-10(7-11)8-3-5-9(13-2)6-4-8/h3-6,10,12H,1-2H3/t10-/m1/s1.